The Hall–Kier alpha value is -1.71. The number of carbonyl (C=O) groups is 1. The molecule has 0 atom stereocenters. The topological polar surface area (TPSA) is 29.5 Å². The van der Waals surface area contributed by atoms with Crippen LogP contribution in [0.1, 0.15) is 11.1 Å². The highest BCUT2D eigenvalue weighted by Gasteiger charge is 2.19. The SMILES string of the molecule is O=C(Cc1ccc(Cl)c(Cl)c1)N1CCOc2ccccc2C1. The van der Waals surface area contributed by atoms with Gasteiger partial charge in [-0.15, -0.1) is 0 Å². The number of carbonyl (C=O) groups excluding carboxylic acids is 1. The van der Waals surface area contributed by atoms with E-state index in [1.54, 1.807) is 12.1 Å². The molecule has 0 aromatic heterocycles. The minimum Gasteiger partial charge on any atom is -0.491 e. The van der Waals surface area contributed by atoms with Crippen LogP contribution >= 0.6 is 23.2 Å². The van der Waals surface area contributed by atoms with E-state index in [2.05, 4.69) is 0 Å². The highest BCUT2D eigenvalue weighted by Crippen LogP contribution is 2.25. The first-order valence-corrected chi connectivity index (χ1v) is 7.81. The third-order valence-electron chi connectivity index (χ3n) is 3.64. The third-order valence-corrected chi connectivity index (χ3v) is 4.38. The summed E-state index contributed by atoms with van der Waals surface area (Å²) in [7, 11) is 0. The Morgan fingerprint density at radius 2 is 1.95 bits per heavy atom. The molecule has 2 aromatic rings. The molecule has 0 unspecified atom stereocenters. The van der Waals surface area contributed by atoms with E-state index >= 15 is 0 Å². The van der Waals surface area contributed by atoms with Crippen LogP contribution in [0, 0.1) is 0 Å². The zero-order valence-corrected chi connectivity index (χ0v) is 13.4. The maximum atomic E-state index is 12.5. The number of benzene rings is 2. The van der Waals surface area contributed by atoms with Gasteiger partial charge in [0.2, 0.25) is 5.91 Å². The predicted octanol–water partition coefficient (Wildman–Crippen LogP) is 3.96. The predicted molar refractivity (Wildman–Crippen MR) is 87.5 cm³/mol. The zero-order chi connectivity index (χ0) is 15.5. The second kappa shape index (κ2) is 6.59. The number of para-hydroxylation sites is 1. The van der Waals surface area contributed by atoms with Crippen molar-refractivity contribution in [2.24, 2.45) is 0 Å². The van der Waals surface area contributed by atoms with E-state index in [9.17, 15) is 4.79 Å². The summed E-state index contributed by atoms with van der Waals surface area (Å²) >= 11 is 11.9. The first-order valence-electron chi connectivity index (χ1n) is 7.06. The molecule has 1 amide bonds. The number of hydrogen-bond donors (Lipinski definition) is 0. The van der Waals surface area contributed by atoms with Gasteiger partial charge in [-0.25, -0.2) is 0 Å². The summed E-state index contributed by atoms with van der Waals surface area (Å²) in [5.74, 6) is 0.908. The highest BCUT2D eigenvalue weighted by molar-refractivity contribution is 6.42. The quantitative estimate of drug-likeness (QED) is 0.831. The van der Waals surface area contributed by atoms with Crippen molar-refractivity contribution in [3.63, 3.8) is 0 Å². The molecule has 1 aliphatic rings. The fourth-order valence-corrected chi connectivity index (χ4v) is 2.80. The Bertz CT molecular complexity index is 703. The van der Waals surface area contributed by atoms with E-state index < -0.39 is 0 Å². The van der Waals surface area contributed by atoms with E-state index in [4.69, 9.17) is 27.9 Å². The second-order valence-electron chi connectivity index (χ2n) is 5.20. The third kappa shape index (κ3) is 3.37. The molecule has 1 heterocycles. The minimum absolute atomic E-state index is 0.0543. The molecule has 22 heavy (non-hydrogen) atoms. The molecular weight excluding hydrogens is 321 g/mol. The van der Waals surface area contributed by atoms with Gasteiger partial charge in [-0.1, -0.05) is 47.5 Å². The van der Waals surface area contributed by atoms with Gasteiger partial charge in [0.25, 0.3) is 0 Å². The second-order valence-corrected chi connectivity index (χ2v) is 6.01. The van der Waals surface area contributed by atoms with Gasteiger partial charge in [-0.3, -0.25) is 4.79 Å². The maximum Gasteiger partial charge on any atom is 0.227 e. The normalized spacial score (nSPS) is 14.0. The van der Waals surface area contributed by atoms with Crippen molar-refractivity contribution < 1.29 is 9.53 Å². The fourth-order valence-electron chi connectivity index (χ4n) is 2.47. The number of nitrogens with zero attached hydrogens (tertiary/aromatic N) is 1. The number of ether oxygens (including phenoxy) is 1. The van der Waals surface area contributed by atoms with E-state index in [0.29, 0.717) is 36.2 Å². The standard InChI is InChI=1S/C17H15Cl2NO2/c18-14-6-5-12(9-15(14)19)10-17(21)20-7-8-22-16-4-2-1-3-13(16)11-20/h1-6,9H,7-8,10-11H2. The van der Waals surface area contributed by atoms with Crippen LogP contribution in [0.2, 0.25) is 10.0 Å². The van der Waals surface area contributed by atoms with Crippen molar-refractivity contribution in [1.82, 2.24) is 4.90 Å². The molecular formula is C17H15Cl2NO2. The van der Waals surface area contributed by atoms with Gasteiger partial charge in [-0.05, 0) is 23.8 Å². The van der Waals surface area contributed by atoms with Crippen molar-refractivity contribution in [2.45, 2.75) is 13.0 Å². The van der Waals surface area contributed by atoms with Crippen LogP contribution in [0.25, 0.3) is 0 Å². The number of amides is 1. The van der Waals surface area contributed by atoms with Gasteiger partial charge >= 0.3 is 0 Å². The van der Waals surface area contributed by atoms with Gasteiger partial charge < -0.3 is 9.64 Å². The van der Waals surface area contributed by atoms with Gasteiger partial charge in [0.15, 0.2) is 0 Å². The van der Waals surface area contributed by atoms with Crippen molar-refractivity contribution in [2.75, 3.05) is 13.2 Å². The lowest BCUT2D eigenvalue weighted by Gasteiger charge is -2.20. The Morgan fingerprint density at radius 3 is 2.77 bits per heavy atom. The molecule has 114 valence electrons. The summed E-state index contributed by atoms with van der Waals surface area (Å²) in [6, 6.07) is 13.1. The molecule has 2 aromatic carbocycles. The molecule has 1 aliphatic heterocycles. The van der Waals surface area contributed by atoms with Crippen LogP contribution < -0.4 is 4.74 Å². The molecule has 0 fully saturated rings. The molecule has 0 spiro atoms. The van der Waals surface area contributed by atoms with E-state index in [1.165, 1.54) is 0 Å². The largest absolute Gasteiger partial charge is 0.491 e. The van der Waals surface area contributed by atoms with E-state index in [-0.39, 0.29) is 5.91 Å². The summed E-state index contributed by atoms with van der Waals surface area (Å²) in [6.07, 6.45) is 0.305. The zero-order valence-electron chi connectivity index (χ0n) is 11.9. The van der Waals surface area contributed by atoms with Crippen molar-refractivity contribution in [3.05, 3.63) is 63.6 Å². The Balaban J connectivity index is 1.73. The Labute approximate surface area is 139 Å². The summed E-state index contributed by atoms with van der Waals surface area (Å²) < 4.78 is 5.68. The Kier molecular flexibility index (Phi) is 4.55. The number of halogens is 2. The lowest BCUT2D eigenvalue weighted by Crippen LogP contribution is -2.33. The van der Waals surface area contributed by atoms with Crippen LogP contribution in [0.3, 0.4) is 0 Å². The maximum absolute atomic E-state index is 12.5. The van der Waals surface area contributed by atoms with Crippen LogP contribution in [0.4, 0.5) is 0 Å². The molecule has 0 bridgehead atoms. The van der Waals surface area contributed by atoms with E-state index in [1.807, 2.05) is 35.2 Å². The molecule has 0 saturated heterocycles. The van der Waals surface area contributed by atoms with Crippen LogP contribution in [-0.4, -0.2) is 24.0 Å². The average Bonchev–Trinajstić information content (AvgIpc) is 2.73. The molecule has 0 N–H and O–H groups in total. The summed E-state index contributed by atoms with van der Waals surface area (Å²) in [6.45, 7) is 1.65. The number of fused-ring (bicyclic) bond motifs is 1. The molecule has 0 aliphatic carbocycles. The smallest absolute Gasteiger partial charge is 0.227 e. The van der Waals surface area contributed by atoms with E-state index in [0.717, 1.165) is 16.9 Å². The van der Waals surface area contributed by atoms with Gasteiger partial charge in [-0.2, -0.15) is 0 Å². The minimum atomic E-state index is 0.0543. The molecule has 0 saturated carbocycles. The highest BCUT2D eigenvalue weighted by atomic mass is 35.5. The summed E-state index contributed by atoms with van der Waals surface area (Å²) in [5.41, 5.74) is 1.89. The lowest BCUT2D eigenvalue weighted by molar-refractivity contribution is -0.131. The van der Waals surface area contributed by atoms with Crippen molar-refractivity contribution in [3.8, 4) is 5.75 Å². The fraction of sp³-hybridized carbons (Fsp3) is 0.235. The van der Waals surface area contributed by atoms with Gasteiger partial charge in [0.05, 0.1) is 23.0 Å². The van der Waals surface area contributed by atoms with Gasteiger partial charge in [0.1, 0.15) is 12.4 Å². The molecule has 3 rings (SSSR count). The van der Waals surface area contributed by atoms with Crippen LogP contribution in [0.5, 0.6) is 5.75 Å². The first-order chi connectivity index (χ1) is 10.6. The van der Waals surface area contributed by atoms with Gasteiger partial charge in [0, 0.05) is 12.1 Å². The van der Waals surface area contributed by atoms with Crippen LogP contribution in [-0.2, 0) is 17.8 Å². The summed E-state index contributed by atoms with van der Waals surface area (Å²) in [4.78, 5) is 14.3. The summed E-state index contributed by atoms with van der Waals surface area (Å²) in [5, 5.41) is 0.964. The number of rotatable bonds is 2. The Morgan fingerprint density at radius 1 is 1.14 bits per heavy atom. The molecule has 0 radical (unpaired) electrons. The molecule has 5 heteroatoms. The average molecular weight is 336 g/mol. The van der Waals surface area contributed by atoms with Crippen molar-refractivity contribution >= 4 is 29.1 Å². The monoisotopic (exact) mass is 335 g/mol. The van der Waals surface area contributed by atoms with Crippen LogP contribution in [0.15, 0.2) is 42.5 Å². The first kappa shape index (κ1) is 15.2. The molecule has 3 nitrogen and oxygen atoms in total. The van der Waals surface area contributed by atoms with Crippen molar-refractivity contribution in [1.29, 1.82) is 0 Å². The lowest BCUT2D eigenvalue weighted by atomic mass is 10.1. The number of hydrogen-bond acceptors (Lipinski definition) is 2.